The summed E-state index contributed by atoms with van der Waals surface area (Å²) < 4.78 is 17.3. The Hall–Kier alpha value is -2.42. The molecule has 0 aliphatic carbocycles. The average molecular weight is 434 g/mol. The van der Waals surface area contributed by atoms with Crippen molar-refractivity contribution >= 4 is 22.8 Å². The van der Waals surface area contributed by atoms with Crippen molar-refractivity contribution in [2.75, 3.05) is 0 Å². The van der Waals surface area contributed by atoms with Crippen LogP contribution >= 0.6 is 0 Å². The molecule has 3 rings (SSSR count). The van der Waals surface area contributed by atoms with E-state index in [0.717, 1.165) is 30.2 Å². The number of aliphatic carboxylic acids is 1. The summed E-state index contributed by atoms with van der Waals surface area (Å²) in [7, 11) is 0. The second kappa shape index (κ2) is 10.7. The summed E-state index contributed by atoms with van der Waals surface area (Å²) in [6.07, 6.45) is 2.25. The minimum absolute atomic E-state index is 0.137. The van der Waals surface area contributed by atoms with Gasteiger partial charge in [0.1, 0.15) is 12.2 Å². The van der Waals surface area contributed by atoms with Crippen molar-refractivity contribution in [2.45, 2.75) is 83.1 Å². The smallest absolute Gasteiger partial charge is 0.340 e. The number of aliphatic hydroxyl groups excluding tert-OH is 1. The van der Waals surface area contributed by atoms with E-state index in [4.69, 9.17) is 19.3 Å². The second-order valence-corrected chi connectivity index (χ2v) is 8.14. The predicted octanol–water partition coefficient (Wildman–Crippen LogP) is 3.63. The van der Waals surface area contributed by atoms with Crippen molar-refractivity contribution < 1.29 is 34.0 Å². The minimum atomic E-state index is -0.911. The molecule has 5 atom stereocenters. The van der Waals surface area contributed by atoms with Crippen molar-refractivity contribution in [1.82, 2.24) is 4.98 Å². The lowest BCUT2D eigenvalue weighted by Gasteiger charge is -2.38. The van der Waals surface area contributed by atoms with Gasteiger partial charge in [-0.15, -0.1) is 0 Å². The van der Waals surface area contributed by atoms with Gasteiger partial charge in [0, 0.05) is 29.9 Å². The molecule has 2 heterocycles. The van der Waals surface area contributed by atoms with Gasteiger partial charge in [-0.05, 0) is 32.8 Å². The highest BCUT2D eigenvalue weighted by Crippen LogP contribution is 2.27. The Labute approximate surface area is 181 Å². The van der Waals surface area contributed by atoms with Gasteiger partial charge in [-0.2, -0.15) is 0 Å². The van der Waals surface area contributed by atoms with Crippen LogP contribution in [0.25, 0.3) is 10.9 Å². The maximum absolute atomic E-state index is 12.7. The van der Waals surface area contributed by atoms with E-state index in [1.807, 2.05) is 31.2 Å². The van der Waals surface area contributed by atoms with Gasteiger partial charge in [-0.1, -0.05) is 31.0 Å². The number of fused-ring (bicyclic) bond motifs is 1. The average Bonchev–Trinajstić information content (AvgIpc) is 3.15. The van der Waals surface area contributed by atoms with Crippen LogP contribution in [0, 0.1) is 0 Å². The zero-order valence-corrected chi connectivity index (χ0v) is 18.0. The number of H-pyrrole nitrogens is 1. The number of carbonyl (C=O) groups is 2. The fraction of sp³-hybridized carbons (Fsp3) is 0.565. The standard InChI is InChI=1S/C23H31NO7/c1-14(8-4-3-5-11-21(26)27)29-23-19(25)12-20(15(2)30-23)31-22(28)17-13-24-18-10-7-6-9-16(17)18/h6-7,9-10,13-15,19-20,23-25H,3-5,8,11-12H2,1-2H3,(H,26,27). The molecule has 0 amide bonds. The number of hydrogen-bond acceptors (Lipinski definition) is 6. The Balaban J connectivity index is 1.47. The second-order valence-electron chi connectivity index (χ2n) is 8.14. The topological polar surface area (TPSA) is 118 Å². The van der Waals surface area contributed by atoms with Gasteiger partial charge < -0.3 is 29.4 Å². The molecule has 0 saturated carbocycles. The van der Waals surface area contributed by atoms with Crippen LogP contribution < -0.4 is 0 Å². The number of nitrogens with one attached hydrogen (secondary N) is 1. The van der Waals surface area contributed by atoms with E-state index in [1.54, 1.807) is 13.1 Å². The molecule has 8 nitrogen and oxygen atoms in total. The number of unbranched alkanes of at least 4 members (excludes halogenated alkanes) is 2. The van der Waals surface area contributed by atoms with Gasteiger partial charge in [-0.3, -0.25) is 4.79 Å². The molecule has 1 aliphatic heterocycles. The van der Waals surface area contributed by atoms with E-state index in [9.17, 15) is 14.7 Å². The molecule has 170 valence electrons. The lowest BCUT2D eigenvalue weighted by molar-refractivity contribution is -0.273. The number of carboxylic acids is 1. The first-order valence-corrected chi connectivity index (χ1v) is 10.8. The molecule has 5 unspecified atom stereocenters. The van der Waals surface area contributed by atoms with E-state index < -0.39 is 36.5 Å². The summed E-state index contributed by atoms with van der Waals surface area (Å²) in [6, 6.07) is 7.49. The van der Waals surface area contributed by atoms with E-state index in [-0.39, 0.29) is 18.9 Å². The van der Waals surface area contributed by atoms with Crippen molar-refractivity contribution in [1.29, 1.82) is 0 Å². The maximum atomic E-state index is 12.7. The number of carbonyl (C=O) groups excluding carboxylic acids is 1. The normalized spacial score (nSPS) is 24.7. The Morgan fingerprint density at radius 1 is 1.26 bits per heavy atom. The number of aliphatic hydroxyl groups is 1. The fourth-order valence-electron chi connectivity index (χ4n) is 3.82. The minimum Gasteiger partial charge on any atom is -0.481 e. The van der Waals surface area contributed by atoms with Gasteiger partial charge in [-0.25, -0.2) is 4.79 Å². The molecule has 1 saturated heterocycles. The van der Waals surface area contributed by atoms with Crippen LogP contribution in [0.15, 0.2) is 30.5 Å². The molecular weight excluding hydrogens is 402 g/mol. The number of para-hydroxylation sites is 1. The van der Waals surface area contributed by atoms with Crippen LogP contribution in [0.2, 0.25) is 0 Å². The Morgan fingerprint density at radius 3 is 2.81 bits per heavy atom. The molecule has 1 aliphatic rings. The van der Waals surface area contributed by atoms with E-state index in [1.165, 1.54) is 0 Å². The van der Waals surface area contributed by atoms with Crippen molar-refractivity contribution in [3.05, 3.63) is 36.0 Å². The molecule has 31 heavy (non-hydrogen) atoms. The van der Waals surface area contributed by atoms with Gasteiger partial charge in [0.15, 0.2) is 6.29 Å². The lowest BCUT2D eigenvalue weighted by atomic mass is 10.0. The summed E-state index contributed by atoms with van der Waals surface area (Å²) >= 11 is 0. The summed E-state index contributed by atoms with van der Waals surface area (Å²) in [5, 5.41) is 19.9. The molecule has 0 spiro atoms. The Bertz CT molecular complexity index is 880. The summed E-state index contributed by atoms with van der Waals surface area (Å²) in [5.41, 5.74) is 1.31. The molecular formula is C23H31NO7. The molecule has 3 N–H and O–H groups in total. The number of ether oxygens (including phenoxy) is 3. The zero-order valence-electron chi connectivity index (χ0n) is 18.0. The van der Waals surface area contributed by atoms with Crippen LogP contribution in [0.1, 0.15) is 62.7 Å². The molecule has 0 radical (unpaired) electrons. The number of esters is 1. The first-order valence-electron chi connectivity index (χ1n) is 10.8. The third-order valence-electron chi connectivity index (χ3n) is 5.60. The van der Waals surface area contributed by atoms with E-state index in [0.29, 0.717) is 12.0 Å². The summed E-state index contributed by atoms with van der Waals surface area (Å²) in [5.74, 6) is -1.24. The third kappa shape index (κ3) is 6.29. The molecule has 2 aromatic rings. The van der Waals surface area contributed by atoms with Gasteiger partial charge in [0.25, 0.3) is 0 Å². The summed E-state index contributed by atoms with van der Waals surface area (Å²) in [4.78, 5) is 26.3. The SMILES string of the molecule is CC(CCCCCC(=O)O)OC1OC(C)C(OC(=O)c2c[nH]c3ccccc23)CC1O. The first-order chi connectivity index (χ1) is 14.8. The molecule has 8 heteroatoms. The quantitative estimate of drug-likeness (QED) is 0.387. The number of aromatic nitrogens is 1. The Kier molecular flexibility index (Phi) is 8.06. The zero-order chi connectivity index (χ0) is 22.4. The highest BCUT2D eigenvalue weighted by Gasteiger charge is 2.38. The van der Waals surface area contributed by atoms with Crippen LogP contribution in [0.5, 0.6) is 0 Å². The maximum Gasteiger partial charge on any atom is 0.340 e. The summed E-state index contributed by atoms with van der Waals surface area (Å²) in [6.45, 7) is 3.70. The van der Waals surface area contributed by atoms with E-state index >= 15 is 0 Å². The highest BCUT2D eigenvalue weighted by molar-refractivity contribution is 6.04. The van der Waals surface area contributed by atoms with Gasteiger partial charge in [0.05, 0.1) is 17.8 Å². The number of rotatable bonds is 10. The van der Waals surface area contributed by atoms with Crippen LogP contribution in [0.3, 0.4) is 0 Å². The van der Waals surface area contributed by atoms with Gasteiger partial charge >= 0.3 is 11.9 Å². The highest BCUT2D eigenvalue weighted by atomic mass is 16.7. The largest absolute Gasteiger partial charge is 0.481 e. The van der Waals surface area contributed by atoms with Crippen molar-refractivity contribution in [3.8, 4) is 0 Å². The molecule has 1 aromatic heterocycles. The fourth-order valence-corrected chi connectivity index (χ4v) is 3.82. The van der Waals surface area contributed by atoms with Crippen LogP contribution in [-0.4, -0.2) is 57.8 Å². The third-order valence-corrected chi connectivity index (χ3v) is 5.60. The number of aromatic amines is 1. The van der Waals surface area contributed by atoms with Crippen molar-refractivity contribution in [2.24, 2.45) is 0 Å². The monoisotopic (exact) mass is 433 g/mol. The van der Waals surface area contributed by atoms with Crippen molar-refractivity contribution in [3.63, 3.8) is 0 Å². The number of benzene rings is 1. The Morgan fingerprint density at radius 2 is 2.03 bits per heavy atom. The van der Waals surface area contributed by atoms with E-state index in [2.05, 4.69) is 4.98 Å². The number of carboxylic acid groups (broad SMARTS) is 1. The van der Waals surface area contributed by atoms with Crippen LogP contribution in [0.4, 0.5) is 0 Å². The molecule has 1 fully saturated rings. The van der Waals surface area contributed by atoms with Crippen LogP contribution in [-0.2, 0) is 19.0 Å². The van der Waals surface area contributed by atoms with Gasteiger partial charge in [0.2, 0.25) is 0 Å². The molecule has 1 aromatic carbocycles. The molecule has 0 bridgehead atoms. The first kappa shape index (κ1) is 23.2. The lowest BCUT2D eigenvalue weighted by Crippen LogP contribution is -2.49. The predicted molar refractivity (Wildman–Crippen MR) is 114 cm³/mol. The number of hydrogen-bond donors (Lipinski definition) is 3.